The third-order valence-corrected chi connectivity index (χ3v) is 5.08. The van der Waals surface area contributed by atoms with E-state index in [1.165, 1.54) is 25.7 Å². The Bertz CT molecular complexity index is 313. The van der Waals surface area contributed by atoms with Gasteiger partial charge in [0.25, 0.3) is 0 Å². The van der Waals surface area contributed by atoms with Gasteiger partial charge in [-0.1, -0.05) is 32.6 Å². The van der Waals surface area contributed by atoms with Crippen LogP contribution in [0.1, 0.15) is 51.9 Å². The first-order chi connectivity index (χ1) is 10.2. The SMILES string of the molecule is CC(CN)CN1CCCN(C(=O)C2CCCCCC2)CC1. The molecule has 1 saturated carbocycles. The molecule has 2 N–H and O–H groups in total. The second-order valence-corrected chi connectivity index (χ2v) is 7.01. The van der Waals surface area contributed by atoms with Crippen LogP contribution in [0, 0.1) is 11.8 Å². The van der Waals surface area contributed by atoms with Gasteiger partial charge >= 0.3 is 0 Å². The van der Waals surface area contributed by atoms with Gasteiger partial charge in [-0.3, -0.25) is 4.79 Å². The quantitative estimate of drug-likeness (QED) is 0.808. The molecule has 2 rings (SSSR count). The highest BCUT2D eigenvalue weighted by Crippen LogP contribution is 2.25. The molecule has 0 bridgehead atoms. The summed E-state index contributed by atoms with van der Waals surface area (Å²) in [6, 6.07) is 0. The Kier molecular flexibility index (Phi) is 6.97. The molecule has 0 radical (unpaired) electrons. The van der Waals surface area contributed by atoms with Crippen LogP contribution in [0.3, 0.4) is 0 Å². The van der Waals surface area contributed by atoms with Gasteiger partial charge in [0.15, 0.2) is 0 Å². The molecule has 4 nitrogen and oxygen atoms in total. The molecular weight excluding hydrogens is 262 g/mol. The summed E-state index contributed by atoms with van der Waals surface area (Å²) in [4.78, 5) is 17.4. The number of carbonyl (C=O) groups is 1. The molecule has 4 heteroatoms. The van der Waals surface area contributed by atoms with Crippen LogP contribution in [0.5, 0.6) is 0 Å². The molecule has 0 aromatic heterocycles. The molecule has 1 aliphatic carbocycles. The van der Waals surface area contributed by atoms with E-state index in [1.54, 1.807) is 0 Å². The van der Waals surface area contributed by atoms with Crippen molar-refractivity contribution in [2.75, 3.05) is 39.3 Å². The van der Waals surface area contributed by atoms with E-state index in [-0.39, 0.29) is 0 Å². The van der Waals surface area contributed by atoms with E-state index >= 15 is 0 Å². The first-order valence-electron chi connectivity index (χ1n) is 8.92. The maximum absolute atomic E-state index is 12.7. The number of rotatable bonds is 4. The Balaban J connectivity index is 1.82. The molecule has 1 amide bonds. The van der Waals surface area contributed by atoms with E-state index < -0.39 is 0 Å². The third kappa shape index (κ3) is 5.26. The van der Waals surface area contributed by atoms with Gasteiger partial charge in [0.05, 0.1) is 0 Å². The smallest absolute Gasteiger partial charge is 0.225 e. The van der Waals surface area contributed by atoms with Crippen molar-refractivity contribution < 1.29 is 4.79 Å². The molecule has 2 fully saturated rings. The van der Waals surface area contributed by atoms with E-state index in [0.717, 1.165) is 58.5 Å². The fourth-order valence-corrected chi connectivity index (χ4v) is 3.67. The Morgan fingerprint density at radius 2 is 1.76 bits per heavy atom. The molecule has 1 saturated heterocycles. The lowest BCUT2D eigenvalue weighted by atomic mass is 9.98. The Morgan fingerprint density at radius 1 is 1.05 bits per heavy atom. The van der Waals surface area contributed by atoms with E-state index in [9.17, 15) is 4.79 Å². The van der Waals surface area contributed by atoms with E-state index in [0.29, 0.717) is 17.7 Å². The van der Waals surface area contributed by atoms with Gasteiger partial charge in [-0.05, 0) is 38.3 Å². The number of nitrogens with two attached hydrogens (primary N) is 1. The van der Waals surface area contributed by atoms with Gasteiger partial charge in [-0.2, -0.15) is 0 Å². The van der Waals surface area contributed by atoms with Crippen LogP contribution in [0.15, 0.2) is 0 Å². The molecular formula is C17H33N3O. The number of hydrogen-bond acceptors (Lipinski definition) is 3. The molecule has 2 aliphatic rings. The van der Waals surface area contributed by atoms with Crippen molar-refractivity contribution in [1.82, 2.24) is 9.80 Å². The zero-order chi connectivity index (χ0) is 15.1. The number of hydrogen-bond donors (Lipinski definition) is 1. The number of carbonyl (C=O) groups excluding carboxylic acids is 1. The molecule has 1 unspecified atom stereocenters. The highest BCUT2D eigenvalue weighted by Gasteiger charge is 2.26. The van der Waals surface area contributed by atoms with Crippen molar-refractivity contribution in [3.8, 4) is 0 Å². The predicted octanol–water partition coefficient (Wildman–Crippen LogP) is 2.09. The van der Waals surface area contributed by atoms with Crippen molar-refractivity contribution in [2.45, 2.75) is 51.9 Å². The topological polar surface area (TPSA) is 49.6 Å². The molecule has 1 aliphatic heterocycles. The molecule has 21 heavy (non-hydrogen) atoms. The predicted molar refractivity (Wildman–Crippen MR) is 87.0 cm³/mol. The Hall–Kier alpha value is -0.610. The fourth-order valence-electron chi connectivity index (χ4n) is 3.67. The largest absolute Gasteiger partial charge is 0.341 e. The van der Waals surface area contributed by atoms with Gasteiger partial charge in [-0.25, -0.2) is 0 Å². The van der Waals surface area contributed by atoms with Crippen LogP contribution < -0.4 is 5.73 Å². The highest BCUT2D eigenvalue weighted by molar-refractivity contribution is 5.78. The lowest BCUT2D eigenvalue weighted by Gasteiger charge is -2.26. The van der Waals surface area contributed by atoms with E-state index in [2.05, 4.69) is 16.7 Å². The van der Waals surface area contributed by atoms with Crippen molar-refractivity contribution in [3.05, 3.63) is 0 Å². The minimum Gasteiger partial charge on any atom is -0.341 e. The lowest BCUT2D eigenvalue weighted by Crippen LogP contribution is -2.39. The zero-order valence-corrected chi connectivity index (χ0v) is 13.7. The summed E-state index contributed by atoms with van der Waals surface area (Å²) < 4.78 is 0. The number of nitrogens with zero attached hydrogens (tertiary/aromatic N) is 2. The molecule has 1 atom stereocenters. The van der Waals surface area contributed by atoms with Gasteiger partial charge in [0, 0.05) is 32.1 Å². The Labute approximate surface area is 130 Å². The van der Waals surface area contributed by atoms with Gasteiger partial charge in [0.1, 0.15) is 0 Å². The highest BCUT2D eigenvalue weighted by atomic mass is 16.2. The maximum atomic E-state index is 12.7. The molecule has 122 valence electrons. The molecule has 0 aromatic carbocycles. The van der Waals surface area contributed by atoms with Crippen LogP contribution in [-0.2, 0) is 4.79 Å². The summed E-state index contributed by atoms with van der Waals surface area (Å²) in [5.41, 5.74) is 5.72. The lowest BCUT2D eigenvalue weighted by molar-refractivity contribution is -0.135. The molecule has 1 heterocycles. The zero-order valence-electron chi connectivity index (χ0n) is 13.7. The van der Waals surface area contributed by atoms with Crippen LogP contribution in [-0.4, -0.2) is 55.0 Å². The number of amides is 1. The van der Waals surface area contributed by atoms with Crippen molar-refractivity contribution in [3.63, 3.8) is 0 Å². The van der Waals surface area contributed by atoms with E-state index in [1.807, 2.05) is 0 Å². The normalized spacial score (nSPS) is 24.4. The van der Waals surface area contributed by atoms with Crippen LogP contribution >= 0.6 is 0 Å². The monoisotopic (exact) mass is 295 g/mol. The third-order valence-electron chi connectivity index (χ3n) is 5.08. The minimum atomic E-state index is 0.307. The summed E-state index contributed by atoms with van der Waals surface area (Å²) in [5.74, 6) is 1.29. The summed E-state index contributed by atoms with van der Waals surface area (Å²) in [6.07, 6.45) is 8.44. The summed E-state index contributed by atoms with van der Waals surface area (Å²) >= 11 is 0. The molecule has 0 spiro atoms. The summed E-state index contributed by atoms with van der Waals surface area (Å²) in [5, 5.41) is 0. The van der Waals surface area contributed by atoms with Crippen LogP contribution in [0.4, 0.5) is 0 Å². The van der Waals surface area contributed by atoms with Crippen LogP contribution in [0.2, 0.25) is 0 Å². The van der Waals surface area contributed by atoms with Crippen molar-refractivity contribution >= 4 is 5.91 Å². The summed E-state index contributed by atoms with van der Waals surface area (Å²) in [7, 11) is 0. The average Bonchev–Trinajstić information content (AvgIpc) is 2.89. The van der Waals surface area contributed by atoms with Gasteiger partial charge in [0.2, 0.25) is 5.91 Å². The fraction of sp³-hybridized carbons (Fsp3) is 0.941. The maximum Gasteiger partial charge on any atom is 0.225 e. The van der Waals surface area contributed by atoms with E-state index in [4.69, 9.17) is 5.73 Å². The van der Waals surface area contributed by atoms with Gasteiger partial charge in [-0.15, -0.1) is 0 Å². The van der Waals surface area contributed by atoms with Gasteiger partial charge < -0.3 is 15.5 Å². The van der Waals surface area contributed by atoms with Crippen molar-refractivity contribution in [2.24, 2.45) is 17.6 Å². The second kappa shape index (κ2) is 8.74. The minimum absolute atomic E-state index is 0.307. The first-order valence-corrected chi connectivity index (χ1v) is 8.92. The average molecular weight is 295 g/mol. The summed E-state index contributed by atoms with van der Waals surface area (Å²) in [6.45, 7) is 8.01. The Morgan fingerprint density at radius 3 is 2.43 bits per heavy atom. The van der Waals surface area contributed by atoms with Crippen molar-refractivity contribution in [1.29, 1.82) is 0 Å². The van der Waals surface area contributed by atoms with Crippen LogP contribution in [0.25, 0.3) is 0 Å². The molecule has 0 aromatic rings. The second-order valence-electron chi connectivity index (χ2n) is 7.01. The first kappa shape index (κ1) is 16.8. The standard InChI is InChI=1S/C17H33N3O/c1-15(13-18)14-19-9-6-10-20(12-11-19)17(21)16-7-4-2-3-5-8-16/h15-16H,2-14,18H2,1H3.